The van der Waals surface area contributed by atoms with Crippen molar-refractivity contribution in [3.63, 3.8) is 0 Å². The van der Waals surface area contributed by atoms with Crippen LogP contribution in [-0.2, 0) is 19.6 Å². The number of ether oxygens (including phenoxy) is 1. The van der Waals surface area contributed by atoms with Crippen molar-refractivity contribution in [2.24, 2.45) is 0 Å². The highest BCUT2D eigenvalue weighted by Crippen LogP contribution is 2.54. The van der Waals surface area contributed by atoms with E-state index < -0.39 is 36.2 Å². The van der Waals surface area contributed by atoms with Crippen LogP contribution in [0.1, 0.15) is 5.56 Å². The molecule has 1 aromatic carbocycles. The summed E-state index contributed by atoms with van der Waals surface area (Å²) in [6, 6.07) is 6.27. The molecule has 0 saturated carbocycles. The summed E-state index contributed by atoms with van der Waals surface area (Å²) >= 11 is 24.4. The minimum absolute atomic E-state index is 0.0638. The van der Waals surface area contributed by atoms with Crippen LogP contribution < -0.4 is 4.72 Å². The Hall–Kier alpha value is -0.340. The molecule has 0 aliphatic carbocycles. The van der Waals surface area contributed by atoms with Gasteiger partial charge in [-0.1, -0.05) is 70.2 Å². The minimum Gasteiger partial charge on any atom is -0.355 e. The maximum atomic E-state index is 12.5. The van der Waals surface area contributed by atoms with E-state index in [0.29, 0.717) is 0 Å². The summed E-state index contributed by atoms with van der Waals surface area (Å²) in [5.74, 6) is -0.859. The number of aryl methyl sites for hydroxylation is 1. The number of ketones is 1. The molecular formula is C15H13Cl4NO4S. The number of halogens is 4. The van der Waals surface area contributed by atoms with Crippen LogP contribution in [0.5, 0.6) is 0 Å². The van der Waals surface area contributed by atoms with Gasteiger partial charge in [-0.2, -0.15) is 0 Å². The number of Topliss-reactive ketones (excluding diaryl/α,β-unsaturated/α-hetero) is 1. The Morgan fingerprint density at radius 3 is 2.36 bits per heavy atom. The molecule has 5 nitrogen and oxygen atoms in total. The quantitative estimate of drug-likeness (QED) is 0.572. The summed E-state index contributed by atoms with van der Waals surface area (Å²) in [4.78, 5) is 12.5. The summed E-state index contributed by atoms with van der Waals surface area (Å²) in [6.07, 6.45) is 1.89. The van der Waals surface area contributed by atoms with Gasteiger partial charge < -0.3 is 4.74 Å². The average Bonchev–Trinajstić information content (AvgIpc) is 2.97. The molecule has 2 atom stereocenters. The first kappa shape index (κ1) is 19.4. The number of benzene rings is 1. The molecule has 25 heavy (non-hydrogen) atoms. The van der Waals surface area contributed by atoms with Crippen LogP contribution in [0.15, 0.2) is 41.3 Å². The average molecular weight is 445 g/mol. The van der Waals surface area contributed by atoms with E-state index in [-0.39, 0.29) is 11.4 Å². The highest BCUT2D eigenvalue weighted by atomic mass is 35.5. The van der Waals surface area contributed by atoms with E-state index >= 15 is 0 Å². The van der Waals surface area contributed by atoms with E-state index in [1.54, 1.807) is 12.1 Å². The van der Waals surface area contributed by atoms with Crippen molar-refractivity contribution in [2.75, 3.05) is 6.54 Å². The Balaban J connectivity index is 1.87. The second-order valence-electron chi connectivity index (χ2n) is 5.95. The number of hydrogen-bond acceptors (Lipinski definition) is 4. The first-order valence-electron chi connectivity index (χ1n) is 7.16. The lowest BCUT2D eigenvalue weighted by molar-refractivity contribution is -0.140. The zero-order chi connectivity index (χ0) is 18.7. The summed E-state index contributed by atoms with van der Waals surface area (Å²) in [5.41, 5.74) is -0.690. The molecule has 0 amide bonds. The zero-order valence-electron chi connectivity index (χ0n) is 12.8. The lowest BCUT2D eigenvalue weighted by Crippen LogP contribution is -2.66. The first-order valence-corrected chi connectivity index (χ1v) is 10.2. The van der Waals surface area contributed by atoms with Crippen LogP contribution in [0, 0.1) is 6.92 Å². The van der Waals surface area contributed by atoms with Gasteiger partial charge in [0.15, 0.2) is 0 Å². The fourth-order valence-electron chi connectivity index (χ4n) is 2.67. The SMILES string of the molecule is Cc1ccc(S(=O)(=O)NCC23C=CC(O2)C(Cl)(Cl)C(=O)C3(Cl)Cl)cc1. The number of carbonyl (C=O) groups is 1. The lowest BCUT2D eigenvalue weighted by Gasteiger charge is -2.46. The van der Waals surface area contributed by atoms with Gasteiger partial charge >= 0.3 is 0 Å². The second-order valence-corrected chi connectivity index (χ2v) is 10.4. The number of carbonyl (C=O) groups excluding carboxylic acids is 1. The van der Waals surface area contributed by atoms with Crippen molar-refractivity contribution in [1.82, 2.24) is 4.72 Å². The number of rotatable bonds is 4. The van der Waals surface area contributed by atoms with Gasteiger partial charge in [-0.25, -0.2) is 13.1 Å². The van der Waals surface area contributed by atoms with Crippen LogP contribution in [0.4, 0.5) is 0 Å². The molecule has 0 radical (unpaired) electrons. The predicted molar refractivity (Wildman–Crippen MR) is 97.0 cm³/mol. The van der Waals surface area contributed by atoms with E-state index in [2.05, 4.69) is 4.72 Å². The Labute approximate surface area is 165 Å². The Morgan fingerprint density at radius 1 is 1.16 bits per heavy atom. The summed E-state index contributed by atoms with van der Waals surface area (Å²) in [5, 5.41) is 0. The van der Waals surface area contributed by atoms with E-state index in [1.807, 2.05) is 6.92 Å². The Kier molecular flexibility index (Phi) is 4.73. The van der Waals surface area contributed by atoms with Crippen LogP contribution >= 0.6 is 46.4 Å². The van der Waals surface area contributed by atoms with Crippen LogP contribution in [0.3, 0.4) is 0 Å². The van der Waals surface area contributed by atoms with Crippen molar-refractivity contribution in [3.05, 3.63) is 42.0 Å². The third-order valence-corrected chi connectivity index (χ3v) is 7.38. The van der Waals surface area contributed by atoms with Gasteiger partial charge in [0.2, 0.25) is 24.5 Å². The highest BCUT2D eigenvalue weighted by molar-refractivity contribution is 7.89. The van der Waals surface area contributed by atoms with Crippen molar-refractivity contribution < 1.29 is 17.9 Å². The van der Waals surface area contributed by atoms with Crippen molar-refractivity contribution >= 4 is 62.2 Å². The molecule has 1 aromatic rings. The molecule has 10 heteroatoms. The third kappa shape index (κ3) is 3.02. The monoisotopic (exact) mass is 443 g/mol. The number of fused-ring (bicyclic) bond motifs is 2. The second kappa shape index (κ2) is 6.09. The lowest BCUT2D eigenvalue weighted by atomic mass is 9.93. The van der Waals surface area contributed by atoms with E-state index in [1.165, 1.54) is 24.3 Å². The van der Waals surface area contributed by atoms with Crippen molar-refractivity contribution in [3.8, 4) is 0 Å². The maximum absolute atomic E-state index is 12.5. The molecule has 0 spiro atoms. The molecule has 2 unspecified atom stereocenters. The van der Waals surface area contributed by atoms with Crippen molar-refractivity contribution in [2.45, 2.75) is 32.2 Å². The summed E-state index contributed by atoms with van der Waals surface area (Å²) < 4.78 is 28.8. The topological polar surface area (TPSA) is 72.5 Å². The molecule has 1 N–H and O–H groups in total. The minimum atomic E-state index is -3.86. The van der Waals surface area contributed by atoms with E-state index in [4.69, 9.17) is 51.1 Å². The molecule has 2 aliphatic rings. The number of hydrogen-bond donors (Lipinski definition) is 1. The number of alkyl halides is 4. The molecule has 3 rings (SSSR count). The molecule has 1 saturated heterocycles. The molecule has 2 aliphatic heterocycles. The van der Waals surface area contributed by atoms with Crippen LogP contribution in [-0.4, -0.2) is 41.1 Å². The van der Waals surface area contributed by atoms with Gasteiger partial charge in [0, 0.05) is 6.54 Å². The van der Waals surface area contributed by atoms with Gasteiger partial charge in [0.1, 0.15) is 11.7 Å². The zero-order valence-corrected chi connectivity index (χ0v) is 16.6. The highest BCUT2D eigenvalue weighted by Gasteiger charge is 2.69. The smallest absolute Gasteiger partial charge is 0.240 e. The van der Waals surface area contributed by atoms with Crippen LogP contribution in [0.25, 0.3) is 0 Å². The number of nitrogens with one attached hydrogen (secondary N) is 1. The van der Waals surface area contributed by atoms with Gasteiger partial charge in [-0.15, -0.1) is 0 Å². The summed E-state index contributed by atoms with van der Waals surface area (Å²) in [7, 11) is -3.86. The predicted octanol–water partition coefficient (Wildman–Crippen LogP) is 2.90. The van der Waals surface area contributed by atoms with Gasteiger partial charge in [-0.05, 0) is 25.1 Å². The maximum Gasteiger partial charge on any atom is 0.240 e. The van der Waals surface area contributed by atoms with Crippen molar-refractivity contribution in [1.29, 1.82) is 0 Å². The summed E-state index contributed by atoms with van der Waals surface area (Å²) in [6.45, 7) is 1.48. The largest absolute Gasteiger partial charge is 0.355 e. The van der Waals surface area contributed by atoms with Crippen LogP contribution in [0.2, 0.25) is 0 Å². The standard InChI is InChI=1S/C15H13Cl4NO4S/c1-9-2-4-10(5-3-9)25(22,23)20-8-13-7-6-11(24-13)14(16,17)12(21)15(13,18)19/h2-7,11,20H,8H2,1H3. The molecule has 2 heterocycles. The first-order chi connectivity index (χ1) is 11.4. The van der Waals surface area contributed by atoms with Gasteiger partial charge in [0.25, 0.3) is 0 Å². The Bertz CT molecular complexity index is 851. The molecular weight excluding hydrogens is 432 g/mol. The third-order valence-electron chi connectivity index (χ3n) is 4.21. The molecule has 136 valence electrons. The number of sulfonamides is 1. The fourth-order valence-corrected chi connectivity index (χ4v) is 5.09. The van der Waals surface area contributed by atoms with E-state index in [0.717, 1.165) is 5.56 Å². The molecule has 2 bridgehead atoms. The van der Waals surface area contributed by atoms with Gasteiger partial charge in [0.05, 0.1) is 4.90 Å². The fraction of sp³-hybridized carbons (Fsp3) is 0.400. The van der Waals surface area contributed by atoms with Gasteiger partial charge in [-0.3, -0.25) is 4.79 Å². The normalized spacial score (nSPS) is 29.8. The Morgan fingerprint density at radius 2 is 1.76 bits per heavy atom. The van der Waals surface area contributed by atoms with E-state index in [9.17, 15) is 13.2 Å². The molecule has 1 fully saturated rings. The molecule has 0 aromatic heterocycles.